The summed E-state index contributed by atoms with van der Waals surface area (Å²) in [7, 11) is 0. The number of thiophene rings is 1. The van der Waals surface area contributed by atoms with Crippen molar-refractivity contribution in [2.24, 2.45) is 0 Å². The van der Waals surface area contributed by atoms with Gasteiger partial charge in [-0.15, -0.1) is 11.3 Å². The van der Waals surface area contributed by atoms with E-state index < -0.39 is 0 Å². The van der Waals surface area contributed by atoms with E-state index in [0.29, 0.717) is 11.8 Å². The Labute approximate surface area is 257 Å². The third-order valence-corrected chi connectivity index (χ3v) is 11.9. The summed E-state index contributed by atoms with van der Waals surface area (Å²) in [6, 6.07) is 19.0. The quantitative estimate of drug-likeness (QED) is 0.162. The monoisotopic (exact) mass is 577 g/mol. The van der Waals surface area contributed by atoms with Crippen LogP contribution < -0.4 is 4.57 Å². The summed E-state index contributed by atoms with van der Waals surface area (Å²) >= 11 is 1.97. The standard InChI is InChI=1S/C39H49N2S/c1-10-13-16-27-19-20-32-30(23-27)35-33(42-32)24-29(25(4)5)36(34(35)26(6)7)40-21-22-41-37(40)28-17-14-15-18-31(28)38(8,11-2)39(41,9)12-3/h14-15,17-26H,10-13,16H2,1-9H3/q+1. The van der Waals surface area contributed by atoms with Gasteiger partial charge >= 0.3 is 0 Å². The molecule has 2 unspecified atom stereocenters. The summed E-state index contributed by atoms with van der Waals surface area (Å²) < 4.78 is 8.05. The van der Waals surface area contributed by atoms with Gasteiger partial charge < -0.3 is 0 Å². The van der Waals surface area contributed by atoms with Crippen molar-refractivity contribution < 1.29 is 4.57 Å². The molecule has 2 aromatic heterocycles. The predicted octanol–water partition coefficient (Wildman–Crippen LogP) is 11.2. The number of fused-ring (bicyclic) bond motifs is 6. The molecule has 220 valence electrons. The van der Waals surface area contributed by atoms with Gasteiger partial charge in [0.2, 0.25) is 0 Å². The van der Waals surface area contributed by atoms with Crippen LogP contribution >= 0.6 is 11.3 Å². The van der Waals surface area contributed by atoms with Gasteiger partial charge in [-0.25, -0.2) is 4.57 Å². The van der Waals surface area contributed by atoms with Crippen LogP contribution in [0.15, 0.2) is 60.9 Å². The van der Waals surface area contributed by atoms with E-state index in [4.69, 9.17) is 0 Å². The van der Waals surface area contributed by atoms with Gasteiger partial charge in [-0.2, -0.15) is 4.57 Å². The summed E-state index contributed by atoms with van der Waals surface area (Å²) in [6.45, 7) is 21.5. The van der Waals surface area contributed by atoms with E-state index >= 15 is 0 Å². The predicted molar refractivity (Wildman–Crippen MR) is 183 cm³/mol. The lowest BCUT2D eigenvalue weighted by atomic mass is 9.61. The second kappa shape index (κ2) is 10.7. The molecule has 0 aliphatic carbocycles. The van der Waals surface area contributed by atoms with Crippen molar-refractivity contribution in [3.63, 3.8) is 0 Å². The molecule has 3 heterocycles. The lowest BCUT2D eigenvalue weighted by Gasteiger charge is -2.47. The number of benzene rings is 3. The van der Waals surface area contributed by atoms with Crippen LogP contribution in [0.2, 0.25) is 0 Å². The first-order valence-corrected chi connectivity index (χ1v) is 17.2. The minimum Gasteiger partial charge on any atom is -0.224 e. The fraction of sp³-hybridized carbons (Fsp3) is 0.462. The Bertz CT molecular complexity index is 1780. The van der Waals surface area contributed by atoms with Crippen molar-refractivity contribution in [3.8, 4) is 17.1 Å². The van der Waals surface area contributed by atoms with Crippen LogP contribution in [0, 0.1) is 0 Å². The number of aromatic nitrogens is 2. The smallest absolute Gasteiger partial charge is 0.224 e. The number of aryl methyl sites for hydroxylation is 1. The van der Waals surface area contributed by atoms with Crippen molar-refractivity contribution in [2.75, 3.05) is 0 Å². The summed E-state index contributed by atoms with van der Waals surface area (Å²) in [5.41, 5.74) is 8.68. The summed E-state index contributed by atoms with van der Waals surface area (Å²) in [6.07, 6.45) is 10.6. The fourth-order valence-corrected chi connectivity index (χ4v) is 9.06. The van der Waals surface area contributed by atoms with Crippen LogP contribution in [0.25, 0.3) is 37.2 Å². The number of nitrogens with zero attached hydrogens (tertiary/aromatic N) is 2. The Morgan fingerprint density at radius 2 is 1.64 bits per heavy atom. The van der Waals surface area contributed by atoms with Gasteiger partial charge in [-0.1, -0.05) is 86.1 Å². The zero-order chi connectivity index (χ0) is 30.0. The molecule has 0 spiro atoms. The van der Waals surface area contributed by atoms with E-state index in [1.165, 1.54) is 72.3 Å². The zero-order valence-corrected chi connectivity index (χ0v) is 28.1. The Balaban J connectivity index is 1.74. The maximum absolute atomic E-state index is 2.63. The number of rotatable bonds is 8. The third-order valence-electron chi connectivity index (χ3n) is 10.8. The molecule has 0 saturated carbocycles. The van der Waals surface area contributed by atoms with Crippen LogP contribution in [0.3, 0.4) is 0 Å². The van der Waals surface area contributed by atoms with E-state index in [1.807, 2.05) is 11.3 Å². The van der Waals surface area contributed by atoms with Crippen LogP contribution in [-0.2, 0) is 17.4 Å². The average molecular weight is 578 g/mol. The van der Waals surface area contributed by atoms with Crippen LogP contribution in [-0.4, -0.2) is 4.57 Å². The minimum absolute atomic E-state index is 0.0277. The molecule has 2 atom stereocenters. The molecular weight excluding hydrogens is 529 g/mol. The largest absolute Gasteiger partial charge is 0.294 e. The van der Waals surface area contributed by atoms with Gasteiger partial charge in [0.25, 0.3) is 5.82 Å². The summed E-state index contributed by atoms with van der Waals surface area (Å²) in [5, 5.41) is 2.91. The molecular formula is C39H49N2S+. The second-order valence-electron chi connectivity index (χ2n) is 13.7. The third kappa shape index (κ3) is 4.06. The zero-order valence-electron chi connectivity index (χ0n) is 27.3. The Morgan fingerprint density at radius 3 is 2.31 bits per heavy atom. The molecule has 3 heteroatoms. The van der Waals surface area contributed by atoms with Gasteiger partial charge in [0, 0.05) is 36.7 Å². The van der Waals surface area contributed by atoms with E-state index in [-0.39, 0.29) is 11.0 Å². The molecule has 0 radical (unpaired) electrons. The van der Waals surface area contributed by atoms with Crippen molar-refractivity contribution in [3.05, 3.63) is 83.2 Å². The Hall–Kier alpha value is -2.91. The first kappa shape index (κ1) is 29.2. The fourth-order valence-electron chi connectivity index (χ4n) is 7.91. The van der Waals surface area contributed by atoms with Gasteiger partial charge in [0.1, 0.15) is 23.6 Å². The molecule has 3 aromatic carbocycles. The highest BCUT2D eigenvalue weighted by atomic mass is 32.1. The molecule has 6 rings (SSSR count). The normalized spacial score (nSPS) is 20.2. The highest BCUT2D eigenvalue weighted by molar-refractivity contribution is 7.25. The van der Waals surface area contributed by atoms with Crippen molar-refractivity contribution in [2.45, 2.75) is 117 Å². The topological polar surface area (TPSA) is 8.81 Å². The van der Waals surface area contributed by atoms with Gasteiger partial charge in [-0.3, -0.25) is 0 Å². The van der Waals surface area contributed by atoms with E-state index in [0.717, 1.165) is 19.3 Å². The lowest BCUT2D eigenvalue weighted by Crippen LogP contribution is -2.67. The van der Waals surface area contributed by atoms with Crippen molar-refractivity contribution in [1.82, 2.24) is 4.57 Å². The first-order chi connectivity index (χ1) is 20.1. The second-order valence-corrected chi connectivity index (χ2v) is 14.8. The van der Waals surface area contributed by atoms with Crippen LogP contribution in [0.5, 0.6) is 0 Å². The van der Waals surface area contributed by atoms with E-state index in [1.54, 1.807) is 0 Å². The van der Waals surface area contributed by atoms with Gasteiger partial charge in [0.15, 0.2) is 0 Å². The molecule has 1 aliphatic rings. The van der Waals surface area contributed by atoms with Gasteiger partial charge in [0.05, 0.1) is 5.56 Å². The number of imidazole rings is 1. The van der Waals surface area contributed by atoms with Gasteiger partial charge in [-0.05, 0) is 79.8 Å². The maximum Gasteiger partial charge on any atom is 0.294 e. The Kier molecular flexibility index (Phi) is 7.41. The molecule has 0 bridgehead atoms. The van der Waals surface area contributed by atoms with E-state index in [9.17, 15) is 0 Å². The highest BCUT2D eigenvalue weighted by Gasteiger charge is 2.55. The number of unbranched alkanes of at least 4 members (excludes halogenated alkanes) is 1. The molecule has 42 heavy (non-hydrogen) atoms. The average Bonchev–Trinajstić information content (AvgIpc) is 3.59. The van der Waals surface area contributed by atoms with E-state index in [2.05, 4.69) is 132 Å². The minimum atomic E-state index is -0.0277. The SMILES string of the molecule is CCCCc1ccc2sc3cc(C(C)C)c(-n4cc[n+]5c4-c4ccccc4C(C)(CC)C5(C)CC)c(C(C)C)c3c2c1. The maximum atomic E-state index is 2.63. The molecule has 0 N–H and O–H groups in total. The molecule has 5 aromatic rings. The first-order valence-electron chi connectivity index (χ1n) is 16.4. The molecule has 0 fully saturated rings. The van der Waals surface area contributed by atoms with Crippen molar-refractivity contribution in [1.29, 1.82) is 0 Å². The molecule has 0 amide bonds. The van der Waals surface area contributed by atoms with Crippen molar-refractivity contribution >= 4 is 31.5 Å². The lowest BCUT2D eigenvalue weighted by molar-refractivity contribution is -0.764. The molecule has 1 aliphatic heterocycles. The molecule has 2 nitrogen and oxygen atoms in total. The van der Waals surface area contributed by atoms with Crippen LogP contribution in [0.4, 0.5) is 0 Å². The Morgan fingerprint density at radius 1 is 0.881 bits per heavy atom. The number of hydrogen-bond donors (Lipinski definition) is 0. The highest BCUT2D eigenvalue weighted by Crippen LogP contribution is 2.51. The summed E-state index contributed by atoms with van der Waals surface area (Å²) in [5.74, 6) is 2.12. The molecule has 0 saturated heterocycles. The number of hydrogen-bond acceptors (Lipinski definition) is 1. The van der Waals surface area contributed by atoms with Crippen LogP contribution in [0.1, 0.15) is 122 Å². The summed E-state index contributed by atoms with van der Waals surface area (Å²) in [4.78, 5) is 0.